The number of nitrogens with one attached hydrogen (secondary N) is 1. The van der Waals surface area contributed by atoms with Crippen LogP contribution in [0.25, 0.3) is 0 Å². The Morgan fingerprint density at radius 2 is 2.06 bits per heavy atom. The van der Waals surface area contributed by atoms with Crippen LogP contribution in [0, 0.1) is 5.92 Å². The third-order valence-electron chi connectivity index (χ3n) is 3.33. The molecule has 1 aliphatic rings. The van der Waals surface area contributed by atoms with Crippen LogP contribution in [-0.2, 0) is 4.79 Å². The molecule has 1 rings (SSSR count). The van der Waals surface area contributed by atoms with Crippen LogP contribution >= 0.6 is 0 Å². The lowest BCUT2D eigenvalue weighted by Gasteiger charge is -2.29. The second kappa shape index (κ2) is 8.48. The van der Waals surface area contributed by atoms with E-state index >= 15 is 0 Å². The maximum atomic E-state index is 12.0. The molecule has 2 N–H and O–H groups in total. The van der Waals surface area contributed by atoms with Crippen LogP contribution < -0.4 is 5.32 Å². The zero-order valence-electron chi connectivity index (χ0n) is 11.0. The number of carbonyl (C=O) groups excluding carboxylic acids is 1. The summed E-state index contributed by atoms with van der Waals surface area (Å²) in [4.78, 5) is 13.8. The number of hydrogen-bond donors (Lipinski definition) is 2. The molecule has 1 aliphatic heterocycles. The number of aliphatic hydroxyl groups excluding tert-OH is 1. The maximum Gasteiger partial charge on any atom is 0.223 e. The molecule has 0 bridgehead atoms. The predicted octanol–water partition coefficient (Wildman–Crippen LogP) is 0.997. The van der Waals surface area contributed by atoms with Crippen LogP contribution in [0.3, 0.4) is 0 Å². The van der Waals surface area contributed by atoms with Crippen molar-refractivity contribution in [3.05, 3.63) is 0 Å². The Morgan fingerprint density at radius 1 is 1.29 bits per heavy atom. The zero-order chi connectivity index (χ0) is 12.5. The summed E-state index contributed by atoms with van der Waals surface area (Å²) in [5, 5.41) is 12.2. The van der Waals surface area contributed by atoms with E-state index in [-0.39, 0.29) is 12.5 Å². The molecule has 4 heteroatoms. The van der Waals surface area contributed by atoms with Gasteiger partial charge in [-0.05, 0) is 25.4 Å². The van der Waals surface area contributed by atoms with Gasteiger partial charge in [0.1, 0.15) is 0 Å². The minimum absolute atomic E-state index is 0.0719. The van der Waals surface area contributed by atoms with Gasteiger partial charge in [-0.2, -0.15) is 0 Å². The minimum atomic E-state index is 0.0719. The van der Waals surface area contributed by atoms with Crippen LogP contribution in [0.15, 0.2) is 0 Å². The fourth-order valence-corrected chi connectivity index (χ4v) is 2.08. The lowest BCUT2D eigenvalue weighted by Crippen LogP contribution is -2.45. The fraction of sp³-hybridized carbons (Fsp3) is 0.923. The Labute approximate surface area is 104 Å². The number of amides is 1. The molecule has 0 radical (unpaired) electrons. The third-order valence-corrected chi connectivity index (χ3v) is 3.33. The molecule has 17 heavy (non-hydrogen) atoms. The van der Waals surface area contributed by atoms with Gasteiger partial charge >= 0.3 is 0 Å². The van der Waals surface area contributed by atoms with Crippen molar-refractivity contribution in [2.75, 3.05) is 32.8 Å². The molecule has 0 aromatic heterocycles. The molecule has 0 spiro atoms. The van der Waals surface area contributed by atoms with Gasteiger partial charge in [0.15, 0.2) is 0 Å². The van der Waals surface area contributed by atoms with Crippen molar-refractivity contribution in [2.24, 2.45) is 5.92 Å². The number of aliphatic hydroxyl groups is 1. The average molecular weight is 242 g/mol. The van der Waals surface area contributed by atoms with E-state index in [1.165, 1.54) is 19.3 Å². The Kier molecular flexibility index (Phi) is 7.21. The monoisotopic (exact) mass is 242 g/mol. The SMILES string of the molecule is CCCCCCN(CCO)C(=O)CC1CNC1. The summed E-state index contributed by atoms with van der Waals surface area (Å²) in [6, 6.07) is 0. The van der Waals surface area contributed by atoms with E-state index in [9.17, 15) is 4.79 Å². The van der Waals surface area contributed by atoms with Gasteiger partial charge in [0.25, 0.3) is 0 Å². The molecule has 0 saturated carbocycles. The molecule has 0 atom stereocenters. The lowest BCUT2D eigenvalue weighted by atomic mass is 9.98. The highest BCUT2D eigenvalue weighted by molar-refractivity contribution is 5.76. The van der Waals surface area contributed by atoms with Crippen LogP contribution in [0.1, 0.15) is 39.0 Å². The van der Waals surface area contributed by atoms with E-state index in [2.05, 4.69) is 12.2 Å². The van der Waals surface area contributed by atoms with Crippen LogP contribution in [0.2, 0.25) is 0 Å². The van der Waals surface area contributed by atoms with E-state index in [1.807, 2.05) is 4.90 Å². The maximum absolute atomic E-state index is 12.0. The molecule has 1 saturated heterocycles. The third kappa shape index (κ3) is 5.50. The summed E-state index contributed by atoms with van der Waals surface area (Å²) < 4.78 is 0. The molecule has 0 aromatic carbocycles. The van der Waals surface area contributed by atoms with Crippen molar-refractivity contribution >= 4 is 5.91 Å². The number of unbranched alkanes of at least 4 members (excludes halogenated alkanes) is 3. The molecular formula is C13H26N2O2. The van der Waals surface area contributed by atoms with E-state index in [0.717, 1.165) is 26.1 Å². The molecule has 1 heterocycles. The summed E-state index contributed by atoms with van der Waals surface area (Å²) in [6.07, 6.45) is 5.31. The molecule has 0 aromatic rings. The number of rotatable bonds is 9. The van der Waals surface area contributed by atoms with Gasteiger partial charge in [-0.3, -0.25) is 4.79 Å². The molecule has 100 valence electrons. The highest BCUT2D eigenvalue weighted by Crippen LogP contribution is 2.11. The van der Waals surface area contributed by atoms with Gasteiger partial charge in [-0.15, -0.1) is 0 Å². The second-order valence-corrected chi connectivity index (χ2v) is 4.89. The first-order chi connectivity index (χ1) is 8.27. The summed E-state index contributed by atoms with van der Waals surface area (Å²) in [6.45, 7) is 5.48. The molecule has 0 aliphatic carbocycles. The first kappa shape index (κ1) is 14.5. The van der Waals surface area contributed by atoms with Crippen LogP contribution in [-0.4, -0.2) is 48.7 Å². The molecular weight excluding hydrogens is 216 g/mol. The first-order valence-electron chi connectivity index (χ1n) is 6.87. The Hall–Kier alpha value is -0.610. The van der Waals surface area contributed by atoms with E-state index < -0.39 is 0 Å². The van der Waals surface area contributed by atoms with E-state index in [4.69, 9.17) is 5.11 Å². The van der Waals surface area contributed by atoms with Gasteiger partial charge in [-0.1, -0.05) is 26.2 Å². The number of hydrogen-bond acceptors (Lipinski definition) is 3. The smallest absolute Gasteiger partial charge is 0.223 e. The van der Waals surface area contributed by atoms with Crippen molar-refractivity contribution < 1.29 is 9.90 Å². The van der Waals surface area contributed by atoms with Gasteiger partial charge in [-0.25, -0.2) is 0 Å². The topological polar surface area (TPSA) is 52.6 Å². The predicted molar refractivity (Wildman–Crippen MR) is 68.8 cm³/mol. The van der Waals surface area contributed by atoms with Crippen molar-refractivity contribution in [1.82, 2.24) is 10.2 Å². The van der Waals surface area contributed by atoms with Gasteiger partial charge in [0.2, 0.25) is 5.91 Å². The van der Waals surface area contributed by atoms with Crippen LogP contribution in [0.5, 0.6) is 0 Å². The molecule has 1 amide bonds. The van der Waals surface area contributed by atoms with E-state index in [1.54, 1.807) is 0 Å². The summed E-state index contributed by atoms with van der Waals surface area (Å²) >= 11 is 0. The lowest BCUT2D eigenvalue weighted by molar-refractivity contribution is -0.133. The largest absolute Gasteiger partial charge is 0.395 e. The van der Waals surface area contributed by atoms with Gasteiger partial charge in [0, 0.05) is 19.5 Å². The van der Waals surface area contributed by atoms with Crippen molar-refractivity contribution in [3.8, 4) is 0 Å². The summed E-state index contributed by atoms with van der Waals surface area (Å²) in [5.74, 6) is 0.724. The fourth-order valence-electron chi connectivity index (χ4n) is 2.08. The Bertz CT molecular complexity index is 217. The number of nitrogens with zero attached hydrogens (tertiary/aromatic N) is 1. The van der Waals surface area contributed by atoms with Gasteiger partial charge in [0.05, 0.1) is 6.61 Å². The Balaban J connectivity index is 2.21. The normalized spacial score (nSPS) is 15.6. The van der Waals surface area contributed by atoms with Crippen molar-refractivity contribution in [1.29, 1.82) is 0 Å². The molecule has 4 nitrogen and oxygen atoms in total. The standard InChI is InChI=1S/C13H26N2O2/c1-2-3-4-5-6-15(7-8-16)13(17)9-12-10-14-11-12/h12,14,16H,2-11H2,1H3. The van der Waals surface area contributed by atoms with Crippen molar-refractivity contribution in [2.45, 2.75) is 39.0 Å². The first-order valence-corrected chi connectivity index (χ1v) is 6.87. The highest BCUT2D eigenvalue weighted by atomic mass is 16.3. The quantitative estimate of drug-likeness (QED) is 0.593. The van der Waals surface area contributed by atoms with Gasteiger partial charge < -0.3 is 15.3 Å². The number of carbonyl (C=O) groups is 1. The summed E-state index contributed by atoms with van der Waals surface area (Å²) in [5.41, 5.74) is 0. The zero-order valence-corrected chi connectivity index (χ0v) is 11.0. The highest BCUT2D eigenvalue weighted by Gasteiger charge is 2.22. The second-order valence-electron chi connectivity index (χ2n) is 4.89. The Morgan fingerprint density at radius 3 is 2.59 bits per heavy atom. The average Bonchev–Trinajstić information content (AvgIpc) is 2.27. The molecule has 1 fully saturated rings. The van der Waals surface area contributed by atoms with Crippen LogP contribution in [0.4, 0.5) is 0 Å². The van der Waals surface area contributed by atoms with E-state index in [0.29, 0.717) is 18.9 Å². The molecule has 0 unspecified atom stereocenters. The van der Waals surface area contributed by atoms with Crippen molar-refractivity contribution in [3.63, 3.8) is 0 Å². The summed E-state index contributed by atoms with van der Waals surface area (Å²) in [7, 11) is 0. The minimum Gasteiger partial charge on any atom is -0.395 e.